The van der Waals surface area contributed by atoms with Gasteiger partial charge < -0.3 is 9.84 Å². The molecular formula is C23H22N4O4. The van der Waals surface area contributed by atoms with Crippen LogP contribution in [0.2, 0.25) is 0 Å². The predicted molar refractivity (Wildman–Crippen MR) is 115 cm³/mol. The van der Waals surface area contributed by atoms with Gasteiger partial charge in [-0.05, 0) is 53.9 Å². The van der Waals surface area contributed by atoms with Crippen molar-refractivity contribution < 1.29 is 19.4 Å². The number of carboxylic acid groups (broad SMARTS) is 1. The Morgan fingerprint density at radius 1 is 1.06 bits per heavy atom. The minimum absolute atomic E-state index is 0.0507. The zero-order valence-corrected chi connectivity index (χ0v) is 17.1. The number of carboxylic acids is 1. The van der Waals surface area contributed by atoms with Crippen molar-refractivity contribution in [2.24, 2.45) is 5.10 Å². The molecule has 1 aliphatic heterocycles. The van der Waals surface area contributed by atoms with E-state index in [1.807, 2.05) is 42.5 Å². The fourth-order valence-corrected chi connectivity index (χ4v) is 3.65. The minimum Gasteiger partial charge on any atom is -0.497 e. The van der Waals surface area contributed by atoms with Crippen LogP contribution in [0.5, 0.6) is 5.75 Å². The van der Waals surface area contributed by atoms with Gasteiger partial charge in [0.25, 0.3) is 0 Å². The highest BCUT2D eigenvalue weighted by Gasteiger charge is 2.33. The van der Waals surface area contributed by atoms with Crippen LogP contribution >= 0.6 is 0 Å². The van der Waals surface area contributed by atoms with Crippen LogP contribution in [0.4, 0.5) is 0 Å². The van der Waals surface area contributed by atoms with Gasteiger partial charge in [0.15, 0.2) is 0 Å². The third-order valence-electron chi connectivity index (χ3n) is 5.25. The van der Waals surface area contributed by atoms with E-state index in [4.69, 9.17) is 9.84 Å². The Morgan fingerprint density at radius 2 is 1.81 bits per heavy atom. The van der Waals surface area contributed by atoms with Crippen LogP contribution in [0.15, 0.2) is 60.0 Å². The molecule has 1 amide bonds. The van der Waals surface area contributed by atoms with Crippen LogP contribution in [-0.2, 0) is 9.59 Å². The molecule has 1 aromatic heterocycles. The van der Waals surface area contributed by atoms with E-state index in [-0.39, 0.29) is 31.2 Å². The summed E-state index contributed by atoms with van der Waals surface area (Å²) in [6.45, 7) is 0. The molecule has 0 bridgehead atoms. The molecule has 0 spiro atoms. The highest BCUT2D eigenvalue weighted by atomic mass is 16.5. The number of rotatable bonds is 7. The van der Waals surface area contributed by atoms with E-state index in [0.717, 1.165) is 33.6 Å². The maximum atomic E-state index is 12.9. The number of methoxy groups -OCH3 is 1. The normalized spacial score (nSPS) is 15.7. The van der Waals surface area contributed by atoms with Crippen LogP contribution in [0.25, 0.3) is 11.0 Å². The number of aliphatic carboxylic acids is 1. The first kappa shape index (κ1) is 20.5. The molecule has 31 heavy (non-hydrogen) atoms. The van der Waals surface area contributed by atoms with Crippen molar-refractivity contribution in [3.05, 3.63) is 66.0 Å². The first-order chi connectivity index (χ1) is 15.0. The van der Waals surface area contributed by atoms with Crippen LogP contribution in [0.1, 0.15) is 42.9 Å². The summed E-state index contributed by atoms with van der Waals surface area (Å²) in [4.78, 5) is 32.4. The summed E-state index contributed by atoms with van der Waals surface area (Å²) in [5.41, 5.74) is 4.13. The predicted octanol–water partition coefficient (Wildman–Crippen LogP) is 3.57. The fourth-order valence-electron chi connectivity index (χ4n) is 3.65. The van der Waals surface area contributed by atoms with Crippen LogP contribution in [0, 0.1) is 0 Å². The SMILES string of the molecule is COc1ccc(C2=NN(C(=O)CCCC(=O)O)[C@@H](c3ccc4nccnc4c3)C2)cc1. The summed E-state index contributed by atoms with van der Waals surface area (Å²) in [5.74, 6) is -0.371. The molecule has 8 heteroatoms. The zero-order valence-electron chi connectivity index (χ0n) is 17.1. The third kappa shape index (κ3) is 4.53. The third-order valence-corrected chi connectivity index (χ3v) is 5.25. The Bertz CT molecular complexity index is 1140. The van der Waals surface area contributed by atoms with Gasteiger partial charge in [-0.25, -0.2) is 5.01 Å². The number of amides is 1. The Morgan fingerprint density at radius 3 is 2.52 bits per heavy atom. The molecule has 4 rings (SSSR count). The average molecular weight is 418 g/mol. The van der Waals surface area contributed by atoms with Gasteiger partial charge in [0.05, 0.1) is 29.9 Å². The van der Waals surface area contributed by atoms with Crippen LogP contribution < -0.4 is 4.74 Å². The number of carbonyl (C=O) groups is 2. The summed E-state index contributed by atoms with van der Waals surface area (Å²) >= 11 is 0. The standard InChI is InChI=1S/C23H22N4O4/c1-31-17-8-5-15(6-9-17)19-14-21(27(26-19)22(28)3-2-4-23(29)30)16-7-10-18-20(13-16)25-12-11-24-18/h5-13,21H,2-4,14H2,1H3,(H,29,30)/t21-/m1/s1. The molecule has 1 atom stereocenters. The molecule has 0 unspecified atom stereocenters. The van der Waals surface area contributed by atoms with Crippen molar-refractivity contribution in [3.8, 4) is 5.75 Å². The molecule has 0 aliphatic carbocycles. The number of hydrogen-bond acceptors (Lipinski definition) is 6. The number of hydrogen-bond donors (Lipinski definition) is 1. The second-order valence-corrected chi connectivity index (χ2v) is 7.29. The molecule has 158 valence electrons. The highest BCUT2D eigenvalue weighted by molar-refractivity contribution is 6.03. The van der Waals surface area contributed by atoms with Crippen molar-refractivity contribution in [1.29, 1.82) is 0 Å². The molecule has 0 fully saturated rings. The van der Waals surface area contributed by atoms with Crippen LogP contribution in [-0.4, -0.2) is 44.8 Å². The molecule has 0 saturated carbocycles. The Labute approximate surface area is 179 Å². The number of benzene rings is 2. The lowest BCUT2D eigenvalue weighted by atomic mass is 9.97. The van der Waals surface area contributed by atoms with Gasteiger partial charge in [-0.15, -0.1) is 0 Å². The van der Waals surface area contributed by atoms with E-state index in [0.29, 0.717) is 6.42 Å². The van der Waals surface area contributed by atoms with Crippen molar-refractivity contribution in [3.63, 3.8) is 0 Å². The lowest BCUT2D eigenvalue weighted by Gasteiger charge is -2.22. The molecular weight excluding hydrogens is 396 g/mol. The van der Waals surface area contributed by atoms with Gasteiger partial charge in [0, 0.05) is 31.7 Å². The fraction of sp³-hybridized carbons (Fsp3) is 0.261. The van der Waals surface area contributed by atoms with Gasteiger partial charge in [0.2, 0.25) is 5.91 Å². The van der Waals surface area contributed by atoms with Gasteiger partial charge in [0.1, 0.15) is 5.75 Å². The zero-order chi connectivity index (χ0) is 21.8. The van der Waals surface area contributed by atoms with E-state index in [1.165, 1.54) is 5.01 Å². The smallest absolute Gasteiger partial charge is 0.303 e. The van der Waals surface area contributed by atoms with Gasteiger partial charge in [-0.3, -0.25) is 19.6 Å². The van der Waals surface area contributed by atoms with Crippen molar-refractivity contribution in [2.45, 2.75) is 31.7 Å². The topological polar surface area (TPSA) is 105 Å². The van der Waals surface area contributed by atoms with Crippen molar-refractivity contribution in [1.82, 2.24) is 15.0 Å². The molecule has 1 aliphatic rings. The lowest BCUT2D eigenvalue weighted by molar-refractivity contribution is -0.137. The lowest BCUT2D eigenvalue weighted by Crippen LogP contribution is -2.27. The van der Waals surface area contributed by atoms with Gasteiger partial charge >= 0.3 is 5.97 Å². The van der Waals surface area contributed by atoms with E-state index < -0.39 is 5.97 Å². The summed E-state index contributed by atoms with van der Waals surface area (Å²) in [7, 11) is 1.61. The first-order valence-corrected chi connectivity index (χ1v) is 10.0. The molecule has 8 nitrogen and oxygen atoms in total. The quantitative estimate of drug-likeness (QED) is 0.629. The Hall–Kier alpha value is -3.81. The van der Waals surface area contributed by atoms with E-state index in [2.05, 4.69) is 15.1 Å². The molecule has 1 N–H and O–H groups in total. The monoisotopic (exact) mass is 418 g/mol. The number of carbonyl (C=O) groups excluding carboxylic acids is 1. The number of nitrogens with zero attached hydrogens (tertiary/aromatic N) is 4. The van der Waals surface area contributed by atoms with E-state index in [9.17, 15) is 9.59 Å². The van der Waals surface area contributed by atoms with Crippen molar-refractivity contribution in [2.75, 3.05) is 7.11 Å². The minimum atomic E-state index is -0.915. The summed E-state index contributed by atoms with van der Waals surface area (Å²) in [5, 5.41) is 15.0. The van der Waals surface area contributed by atoms with Gasteiger partial charge in [-0.2, -0.15) is 5.10 Å². The molecule has 0 radical (unpaired) electrons. The number of ether oxygens (including phenoxy) is 1. The number of fused-ring (bicyclic) bond motifs is 1. The maximum absolute atomic E-state index is 12.9. The van der Waals surface area contributed by atoms with Gasteiger partial charge in [-0.1, -0.05) is 6.07 Å². The van der Waals surface area contributed by atoms with Crippen molar-refractivity contribution >= 4 is 28.6 Å². The number of hydrazone groups is 1. The second-order valence-electron chi connectivity index (χ2n) is 7.29. The maximum Gasteiger partial charge on any atom is 0.303 e. The molecule has 3 aromatic rings. The summed E-state index contributed by atoms with van der Waals surface area (Å²) in [6.07, 6.45) is 4.16. The number of aromatic nitrogens is 2. The molecule has 2 heterocycles. The largest absolute Gasteiger partial charge is 0.497 e. The second kappa shape index (κ2) is 8.91. The first-order valence-electron chi connectivity index (χ1n) is 10.0. The molecule has 0 saturated heterocycles. The summed E-state index contributed by atoms with van der Waals surface area (Å²) in [6, 6.07) is 13.0. The summed E-state index contributed by atoms with van der Waals surface area (Å²) < 4.78 is 5.22. The van der Waals surface area contributed by atoms with E-state index in [1.54, 1.807) is 19.5 Å². The van der Waals surface area contributed by atoms with Crippen LogP contribution in [0.3, 0.4) is 0 Å². The van der Waals surface area contributed by atoms with E-state index >= 15 is 0 Å². The Kier molecular flexibility index (Phi) is 5.88. The average Bonchev–Trinajstić information content (AvgIpc) is 3.24. The Balaban J connectivity index is 1.64. The molecule has 2 aromatic carbocycles. The highest BCUT2D eigenvalue weighted by Crippen LogP contribution is 2.34.